The molecule has 0 fully saturated rings. The zero-order valence-corrected chi connectivity index (χ0v) is 12.9. The van der Waals surface area contributed by atoms with Crippen LogP contribution in [0, 0.1) is 6.92 Å². The fourth-order valence-electron chi connectivity index (χ4n) is 2.09. The Morgan fingerprint density at radius 3 is 2.74 bits per heavy atom. The van der Waals surface area contributed by atoms with E-state index in [1.54, 1.807) is 25.1 Å². The molecule has 0 unspecified atom stereocenters. The number of nitrogens with one attached hydrogen (secondary N) is 1. The van der Waals surface area contributed by atoms with Gasteiger partial charge in [0.1, 0.15) is 17.2 Å². The van der Waals surface area contributed by atoms with Crippen molar-refractivity contribution in [2.24, 2.45) is 5.10 Å². The van der Waals surface area contributed by atoms with Crippen LogP contribution in [0.15, 0.2) is 41.5 Å². The van der Waals surface area contributed by atoms with Crippen molar-refractivity contribution in [1.29, 1.82) is 0 Å². The van der Waals surface area contributed by atoms with Crippen LogP contribution < -0.4 is 10.2 Å². The third-order valence-corrected chi connectivity index (χ3v) is 3.23. The maximum absolute atomic E-state index is 11.8. The lowest BCUT2D eigenvalue weighted by molar-refractivity contribution is -0.120. The van der Waals surface area contributed by atoms with Crippen molar-refractivity contribution in [2.45, 2.75) is 13.3 Å². The highest BCUT2D eigenvalue weighted by Crippen LogP contribution is 2.25. The number of phenolic OH excluding ortho intramolecular Hbond substituents is 2. The molecule has 0 aliphatic carbocycles. The molecule has 0 aliphatic rings. The molecule has 0 saturated carbocycles. The molecule has 3 N–H and O–H groups in total. The van der Waals surface area contributed by atoms with Gasteiger partial charge in [0.15, 0.2) is 0 Å². The summed E-state index contributed by atoms with van der Waals surface area (Å²) in [5.41, 5.74) is 4.34. The number of amides is 1. The maximum atomic E-state index is 11.8. The van der Waals surface area contributed by atoms with E-state index in [0.29, 0.717) is 16.9 Å². The fraction of sp³-hybridized carbons (Fsp3) is 0.176. The number of methoxy groups -OCH3 is 1. The van der Waals surface area contributed by atoms with Crippen molar-refractivity contribution < 1.29 is 19.7 Å². The van der Waals surface area contributed by atoms with Gasteiger partial charge in [0.25, 0.3) is 0 Å². The predicted molar refractivity (Wildman–Crippen MR) is 86.9 cm³/mol. The predicted octanol–water partition coefficient (Wildman–Crippen LogP) is 2.11. The Morgan fingerprint density at radius 2 is 2.09 bits per heavy atom. The van der Waals surface area contributed by atoms with Crippen molar-refractivity contribution in [1.82, 2.24) is 5.43 Å². The van der Waals surface area contributed by atoms with Crippen LogP contribution in [0.2, 0.25) is 0 Å². The van der Waals surface area contributed by atoms with Crippen LogP contribution >= 0.6 is 0 Å². The van der Waals surface area contributed by atoms with E-state index in [4.69, 9.17) is 4.74 Å². The molecule has 2 rings (SSSR count). The van der Waals surface area contributed by atoms with Crippen molar-refractivity contribution in [2.75, 3.05) is 7.11 Å². The lowest BCUT2D eigenvalue weighted by Gasteiger charge is -2.07. The highest BCUT2D eigenvalue weighted by Gasteiger charge is 2.07. The number of nitrogens with zero attached hydrogens (tertiary/aromatic N) is 1. The third-order valence-electron chi connectivity index (χ3n) is 3.23. The number of hydrogen-bond donors (Lipinski definition) is 3. The van der Waals surface area contributed by atoms with Gasteiger partial charge >= 0.3 is 0 Å². The van der Waals surface area contributed by atoms with Crippen molar-refractivity contribution in [3.8, 4) is 17.2 Å². The molecule has 0 heterocycles. The van der Waals surface area contributed by atoms with Crippen LogP contribution in [-0.4, -0.2) is 29.4 Å². The molecule has 0 saturated heterocycles. The van der Waals surface area contributed by atoms with Gasteiger partial charge in [-0.3, -0.25) is 4.79 Å². The second kappa shape index (κ2) is 7.31. The van der Waals surface area contributed by atoms with E-state index in [0.717, 1.165) is 5.56 Å². The van der Waals surface area contributed by atoms with Crippen LogP contribution in [0.5, 0.6) is 17.2 Å². The number of phenols is 2. The minimum absolute atomic E-state index is 0.0211. The molecule has 6 heteroatoms. The monoisotopic (exact) mass is 314 g/mol. The summed E-state index contributed by atoms with van der Waals surface area (Å²) in [6.45, 7) is 1.80. The van der Waals surface area contributed by atoms with Crippen molar-refractivity contribution in [3.05, 3.63) is 53.1 Å². The van der Waals surface area contributed by atoms with E-state index in [9.17, 15) is 15.0 Å². The number of carbonyl (C=O) groups is 1. The van der Waals surface area contributed by atoms with Gasteiger partial charge in [0.2, 0.25) is 5.91 Å². The zero-order valence-electron chi connectivity index (χ0n) is 12.9. The molecule has 0 radical (unpaired) electrons. The topological polar surface area (TPSA) is 91.2 Å². The molecule has 0 aromatic heterocycles. The summed E-state index contributed by atoms with van der Waals surface area (Å²) >= 11 is 0. The van der Waals surface area contributed by atoms with Crippen LogP contribution in [0.3, 0.4) is 0 Å². The fourth-order valence-corrected chi connectivity index (χ4v) is 2.09. The summed E-state index contributed by atoms with van der Waals surface area (Å²) in [6.07, 6.45) is 1.48. The Morgan fingerprint density at radius 1 is 1.30 bits per heavy atom. The van der Waals surface area contributed by atoms with E-state index in [2.05, 4.69) is 10.5 Å². The van der Waals surface area contributed by atoms with Crippen LogP contribution in [0.4, 0.5) is 0 Å². The van der Waals surface area contributed by atoms with Crippen molar-refractivity contribution in [3.63, 3.8) is 0 Å². The molecule has 2 aromatic rings. The molecular formula is C17H18N2O4. The molecule has 0 atom stereocenters. The first-order valence-corrected chi connectivity index (χ1v) is 6.97. The number of aromatic hydroxyl groups is 2. The molecule has 6 nitrogen and oxygen atoms in total. The smallest absolute Gasteiger partial charge is 0.244 e. The van der Waals surface area contributed by atoms with Gasteiger partial charge in [-0.15, -0.1) is 0 Å². The summed E-state index contributed by atoms with van der Waals surface area (Å²) < 4.78 is 5.05. The Balaban J connectivity index is 2.00. The van der Waals surface area contributed by atoms with E-state index in [1.807, 2.05) is 0 Å². The molecule has 0 aliphatic heterocycles. The quantitative estimate of drug-likeness (QED) is 0.582. The van der Waals surface area contributed by atoms with Gasteiger partial charge in [-0.25, -0.2) is 5.43 Å². The van der Waals surface area contributed by atoms with Crippen molar-refractivity contribution >= 4 is 12.1 Å². The summed E-state index contributed by atoms with van der Waals surface area (Å²) in [4.78, 5) is 11.8. The van der Waals surface area contributed by atoms with Crippen LogP contribution in [-0.2, 0) is 11.2 Å². The Hall–Kier alpha value is -3.02. The minimum atomic E-state index is -0.322. The Labute approximate surface area is 134 Å². The third kappa shape index (κ3) is 4.47. The highest BCUT2D eigenvalue weighted by molar-refractivity contribution is 5.87. The highest BCUT2D eigenvalue weighted by atomic mass is 16.5. The van der Waals surface area contributed by atoms with Crippen LogP contribution in [0.1, 0.15) is 16.7 Å². The summed E-state index contributed by atoms with van der Waals surface area (Å²) in [6, 6.07) is 9.69. The summed E-state index contributed by atoms with van der Waals surface area (Å²) in [5, 5.41) is 23.1. The number of hydrazone groups is 1. The van der Waals surface area contributed by atoms with E-state index >= 15 is 0 Å². The molecule has 120 valence electrons. The van der Waals surface area contributed by atoms with Gasteiger partial charge in [-0.1, -0.05) is 12.1 Å². The van der Waals surface area contributed by atoms with Gasteiger partial charge in [-0.2, -0.15) is 5.10 Å². The normalized spacial score (nSPS) is 10.7. The second-order valence-corrected chi connectivity index (χ2v) is 5.02. The lowest BCUT2D eigenvalue weighted by Crippen LogP contribution is -2.19. The minimum Gasteiger partial charge on any atom is -0.508 e. The van der Waals surface area contributed by atoms with E-state index < -0.39 is 0 Å². The molecule has 0 spiro atoms. The first-order chi connectivity index (χ1) is 11.0. The SMILES string of the molecule is COc1cc(C)c(C=NNC(=O)Cc2cccc(O)c2)c(O)c1. The molecule has 1 amide bonds. The lowest BCUT2D eigenvalue weighted by atomic mass is 10.1. The number of carbonyl (C=O) groups excluding carboxylic acids is 1. The summed E-state index contributed by atoms with van der Waals surface area (Å²) in [5.74, 6) is 0.355. The summed E-state index contributed by atoms with van der Waals surface area (Å²) in [7, 11) is 1.52. The maximum Gasteiger partial charge on any atom is 0.244 e. The zero-order chi connectivity index (χ0) is 16.8. The van der Waals surface area contributed by atoms with E-state index in [1.165, 1.54) is 31.5 Å². The average Bonchev–Trinajstić information content (AvgIpc) is 2.49. The Kier molecular flexibility index (Phi) is 5.19. The first kappa shape index (κ1) is 16.4. The second-order valence-electron chi connectivity index (χ2n) is 5.02. The number of hydrogen-bond acceptors (Lipinski definition) is 5. The molecule has 0 bridgehead atoms. The number of benzene rings is 2. The van der Waals surface area contributed by atoms with Crippen LogP contribution in [0.25, 0.3) is 0 Å². The van der Waals surface area contributed by atoms with Gasteiger partial charge < -0.3 is 14.9 Å². The molecule has 23 heavy (non-hydrogen) atoms. The largest absolute Gasteiger partial charge is 0.508 e. The van der Waals surface area contributed by atoms with Gasteiger partial charge in [0.05, 0.1) is 19.7 Å². The standard InChI is InChI=1S/C17H18N2O4/c1-11-6-14(23-2)9-16(21)15(11)10-18-19-17(22)8-12-4-3-5-13(20)7-12/h3-7,9-10,20-21H,8H2,1-2H3,(H,19,22). The molecule has 2 aromatic carbocycles. The average molecular weight is 314 g/mol. The number of ether oxygens (including phenoxy) is 1. The van der Waals surface area contributed by atoms with E-state index in [-0.39, 0.29) is 23.8 Å². The molecular weight excluding hydrogens is 296 g/mol. The Bertz CT molecular complexity index is 718. The number of rotatable bonds is 5. The number of aryl methyl sites for hydroxylation is 1. The van der Waals surface area contributed by atoms with Gasteiger partial charge in [0, 0.05) is 11.6 Å². The van der Waals surface area contributed by atoms with Gasteiger partial charge in [-0.05, 0) is 36.2 Å². The first-order valence-electron chi connectivity index (χ1n) is 6.97.